The van der Waals surface area contributed by atoms with Gasteiger partial charge in [0, 0.05) is 40.6 Å². The van der Waals surface area contributed by atoms with Gasteiger partial charge in [-0.05, 0) is 42.5 Å². The maximum Gasteiger partial charge on any atom is 0.270 e. The number of aliphatic imine (C=N–C) groups is 1. The lowest BCUT2D eigenvalue weighted by atomic mass is 10.2. The molecule has 0 aliphatic heterocycles. The van der Waals surface area contributed by atoms with Crippen molar-refractivity contribution in [2.45, 2.75) is 0 Å². The predicted octanol–water partition coefficient (Wildman–Crippen LogP) is 5.51. The van der Waals surface area contributed by atoms with Crippen LogP contribution in [0.25, 0.3) is 22.6 Å². The second-order valence-electron chi connectivity index (χ2n) is 5.94. The van der Waals surface area contributed by atoms with Gasteiger partial charge in [0.2, 0.25) is 5.89 Å². The van der Waals surface area contributed by atoms with Crippen LogP contribution < -0.4 is 0 Å². The molecule has 1 aromatic heterocycles. The van der Waals surface area contributed by atoms with E-state index in [0.29, 0.717) is 27.7 Å². The highest BCUT2D eigenvalue weighted by Crippen LogP contribution is 2.28. The lowest BCUT2D eigenvalue weighted by Crippen LogP contribution is -1.90. The summed E-state index contributed by atoms with van der Waals surface area (Å²) >= 11 is 5.90. The molecule has 1 N–H and O–H groups in total. The first kappa shape index (κ1) is 17.7. The summed E-state index contributed by atoms with van der Waals surface area (Å²) in [5.41, 5.74) is 2.68. The van der Waals surface area contributed by atoms with Crippen LogP contribution in [0.15, 0.2) is 70.1 Å². The molecule has 28 heavy (non-hydrogen) atoms. The van der Waals surface area contributed by atoms with Gasteiger partial charge in [-0.25, -0.2) is 4.98 Å². The molecule has 3 aromatic carbocycles. The zero-order valence-corrected chi connectivity index (χ0v) is 15.0. The molecule has 0 amide bonds. The number of nitro benzene ring substituents is 1. The Labute approximate surface area is 163 Å². The van der Waals surface area contributed by atoms with Crippen molar-refractivity contribution < 1.29 is 14.4 Å². The van der Waals surface area contributed by atoms with E-state index in [9.17, 15) is 15.2 Å². The topological polar surface area (TPSA) is 102 Å². The molecule has 1 heterocycles. The van der Waals surface area contributed by atoms with E-state index in [2.05, 4.69) is 9.98 Å². The fourth-order valence-corrected chi connectivity index (χ4v) is 2.74. The van der Waals surface area contributed by atoms with E-state index in [1.807, 2.05) is 12.1 Å². The molecule has 0 spiro atoms. The second-order valence-corrected chi connectivity index (χ2v) is 6.37. The summed E-state index contributed by atoms with van der Waals surface area (Å²) in [4.78, 5) is 19.1. The first-order valence-corrected chi connectivity index (χ1v) is 8.55. The monoisotopic (exact) mass is 393 g/mol. The first-order valence-electron chi connectivity index (χ1n) is 8.17. The molecule has 138 valence electrons. The fourth-order valence-electron chi connectivity index (χ4n) is 2.61. The van der Waals surface area contributed by atoms with Crippen molar-refractivity contribution in [3.63, 3.8) is 0 Å². The lowest BCUT2D eigenvalue weighted by Gasteiger charge is -1.99. The molecule has 0 saturated carbocycles. The summed E-state index contributed by atoms with van der Waals surface area (Å²) in [5, 5.41) is 21.4. The number of rotatable bonds is 4. The minimum absolute atomic E-state index is 0.0971. The number of oxazole rings is 1. The van der Waals surface area contributed by atoms with Gasteiger partial charge in [0.1, 0.15) is 11.3 Å². The van der Waals surface area contributed by atoms with Gasteiger partial charge in [-0.2, -0.15) is 0 Å². The number of phenols is 1. The van der Waals surface area contributed by atoms with Gasteiger partial charge in [0.25, 0.3) is 5.69 Å². The van der Waals surface area contributed by atoms with Crippen molar-refractivity contribution >= 4 is 40.3 Å². The van der Waals surface area contributed by atoms with E-state index in [0.717, 1.165) is 5.56 Å². The predicted molar refractivity (Wildman–Crippen MR) is 106 cm³/mol. The first-order chi connectivity index (χ1) is 13.5. The van der Waals surface area contributed by atoms with Gasteiger partial charge in [-0.3, -0.25) is 15.1 Å². The summed E-state index contributed by atoms with van der Waals surface area (Å²) in [6, 6.07) is 16.1. The third-order valence-electron chi connectivity index (χ3n) is 4.04. The van der Waals surface area contributed by atoms with Crippen LogP contribution in [0.5, 0.6) is 5.75 Å². The smallest absolute Gasteiger partial charge is 0.270 e. The normalized spacial score (nSPS) is 11.3. The van der Waals surface area contributed by atoms with E-state index >= 15 is 0 Å². The van der Waals surface area contributed by atoms with Crippen LogP contribution in [0.4, 0.5) is 11.4 Å². The van der Waals surface area contributed by atoms with E-state index in [1.54, 1.807) is 30.3 Å². The molecule has 0 unspecified atom stereocenters. The van der Waals surface area contributed by atoms with Crippen molar-refractivity contribution in [3.05, 3.63) is 81.4 Å². The Bertz CT molecular complexity index is 1220. The van der Waals surface area contributed by atoms with E-state index in [4.69, 9.17) is 16.0 Å². The average Bonchev–Trinajstić information content (AvgIpc) is 3.11. The molecule has 0 aliphatic rings. The van der Waals surface area contributed by atoms with Crippen LogP contribution in [-0.2, 0) is 0 Å². The number of halogens is 1. The minimum Gasteiger partial charge on any atom is -0.507 e. The van der Waals surface area contributed by atoms with Crippen LogP contribution in [0, 0.1) is 10.1 Å². The molecule has 7 nitrogen and oxygen atoms in total. The maximum atomic E-state index is 10.9. The quantitative estimate of drug-likeness (QED) is 0.279. The number of aromatic nitrogens is 1. The van der Waals surface area contributed by atoms with Crippen LogP contribution in [-0.4, -0.2) is 21.2 Å². The standard InChI is InChI=1S/C20H12ClN3O4/c21-14-3-1-12(2-4-14)20-23-17-7-5-15(10-19(17)28-20)22-11-13-9-16(24(26)27)6-8-18(13)25/h1-11,25H. The van der Waals surface area contributed by atoms with Crippen LogP contribution in [0.2, 0.25) is 5.02 Å². The Hall–Kier alpha value is -3.71. The summed E-state index contributed by atoms with van der Waals surface area (Å²) < 4.78 is 5.79. The van der Waals surface area contributed by atoms with Crippen molar-refractivity contribution in [1.82, 2.24) is 4.98 Å². The molecular weight excluding hydrogens is 382 g/mol. The van der Waals surface area contributed by atoms with E-state index in [1.165, 1.54) is 24.4 Å². The number of fused-ring (bicyclic) bond motifs is 1. The van der Waals surface area contributed by atoms with Crippen molar-refractivity contribution in [2.75, 3.05) is 0 Å². The van der Waals surface area contributed by atoms with Gasteiger partial charge in [0.05, 0.1) is 10.6 Å². The fraction of sp³-hybridized carbons (Fsp3) is 0. The number of aromatic hydroxyl groups is 1. The zero-order valence-electron chi connectivity index (χ0n) is 14.2. The second kappa shape index (κ2) is 7.13. The van der Waals surface area contributed by atoms with Crippen LogP contribution in [0.3, 0.4) is 0 Å². The SMILES string of the molecule is O=[N+]([O-])c1ccc(O)c(C=Nc2ccc3nc(-c4ccc(Cl)cc4)oc3c2)c1. The Balaban J connectivity index is 1.65. The molecule has 0 radical (unpaired) electrons. The number of hydrogen-bond donors (Lipinski definition) is 1. The summed E-state index contributed by atoms with van der Waals surface area (Å²) in [6.07, 6.45) is 1.36. The molecule has 4 aromatic rings. The molecule has 0 saturated heterocycles. The summed E-state index contributed by atoms with van der Waals surface area (Å²) in [7, 11) is 0. The van der Waals surface area contributed by atoms with Crippen molar-refractivity contribution in [2.24, 2.45) is 4.99 Å². The molecular formula is C20H12ClN3O4. The highest BCUT2D eigenvalue weighted by atomic mass is 35.5. The number of nitro groups is 1. The summed E-state index contributed by atoms with van der Waals surface area (Å²) in [6.45, 7) is 0. The van der Waals surface area contributed by atoms with Gasteiger partial charge in [-0.15, -0.1) is 0 Å². The Morgan fingerprint density at radius 2 is 1.89 bits per heavy atom. The van der Waals surface area contributed by atoms with E-state index < -0.39 is 4.92 Å². The molecule has 8 heteroatoms. The molecule has 4 rings (SSSR count). The van der Waals surface area contributed by atoms with Crippen molar-refractivity contribution in [3.8, 4) is 17.2 Å². The van der Waals surface area contributed by atoms with Gasteiger partial charge in [-0.1, -0.05) is 11.6 Å². The highest BCUT2D eigenvalue weighted by Gasteiger charge is 2.10. The number of phenolic OH excluding ortho intramolecular Hbond substituents is 1. The molecule has 0 aliphatic carbocycles. The number of nitrogens with zero attached hydrogens (tertiary/aromatic N) is 3. The number of benzene rings is 3. The molecule has 0 atom stereocenters. The Morgan fingerprint density at radius 1 is 1.11 bits per heavy atom. The summed E-state index contributed by atoms with van der Waals surface area (Å²) in [5.74, 6) is 0.365. The zero-order chi connectivity index (χ0) is 19.7. The van der Waals surface area contributed by atoms with E-state index in [-0.39, 0.29) is 17.0 Å². The largest absolute Gasteiger partial charge is 0.507 e. The average molecular weight is 394 g/mol. The molecule has 0 fully saturated rings. The van der Waals surface area contributed by atoms with Gasteiger partial charge in [0.15, 0.2) is 5.58 Å². The van der Waals surface area contributed by atoms with Crippen molar-refractivity contribution in [1.29, 1.82) is 0 Å². The molecule has 0 bridgehead atoms. The minimum atomic E-state index is -0.532. The van der Waals surface area contributed by atoms with Gasteiger partial charge >= 0.3 is 0 Å². The highest BCUT2D eigenvalue weighted by molar-refractivity contribution is 6.30. The Kier molecular flexibility index (Phi) is 4.50. The van der Waals surface area contributed by atoms with Gasteiger partial charge < -0.3 is 9.52 Å². The van der Waals surface area contributed by atoms with Crippen LogP contribution >= 0.6 is 11.6 Å². The maximum absolute atomic E-state index is 10.9. The van der Waals surface area contributed by atoms with Crippen LogP contribution in [0.1, 0.15) is 5.56 Å². The number of non-ortho nitro benzene ring substituents is 1. The number of hydrogen-bond acceptors (Lipinski definition) is 6. The lowest BCUT2D eigenvalue weighted by molar-refractivity contribution is -0.384. The third-order valence-corrected chi connectivity index (χ3v) is 4.29. The third kappa shape index (κ3) is 3.56. The Morgan fingerprint density at radius 3 is 2.64 bits per heavy atom.